The molecule has 4 heteroatoms. The summed E-state index contributed by atoms with van der Waals surface area (Å²) in [4.78, 5) is 12.3. The van der Waals surface area contributed by atoms with Crippen LogP contribution in [0.5, 0.6) is 0 Å². The van der Waals surface area contributed by atoms with Crippen molar-refractivity contribution in [3.63, 3.8) is 0 Å². The van der Waals surface area contributed by atoms with Crippen LogP contribution in [0.3, 0.4) is 0 Å². The summed E-state index contributed by atoms with van der Waals surface area (Å²) in [6, 6.07) is 13.9. The number of nitrogens with two attached hydrogens (primary N) is 1. The van der Waals surface area contributed by atoms with Crippen molar-refractivity contribution in [2.24, 2.45) is 5.73 Å². The third-order valence-corrected chi connectivity index (χ3v) is 3.26. The van der Waals surface area contributed by atoms with Crippen molar-refractivity contribution in [3.8, 4) is 22.8 Å². The largest absolute Gasteiger partial charge is 0.341 e. The number of nitrogens with zero attached hydrogens (tertiary/aromatic N) is 2. The van der Waals surface area contributed by atoms with Crippen LogP contribution >= 0.6 is 0 Å². The lowest BCUT2D eigenvalue weighted by Crippen LogP contribution is -1.95. The van der Waals surface area contributed by atoms with Crippen LogP contribution < -0.4 is 5.73 Å². The van der Waals surface area contributed by atoms with Crippen LogP contribution in [0.15, 0.2) is 48.7 Å². The van der Waals surface area contributed by atoms with Crippen molar-refractivity contribution in [2.45, 2.75) is 13.5 Å². The van der Waals surface area contributed by atoms with E-state index in [1.54, 1.807) is 6.20 Å². The first-order valence-electron chi connectivity index (χ1n) is 6.55. The third-order valence-electron chi connectivity index (χ3n) is 3.26. The predicted octanol–water partition coefficient (Wildman–Crippen LogP) is 2.91. The van der Waals surface area contributed by atoms with Gasteiger partial charge >= 0.3 is 0 Å². The van der Waals surface area contributed by atoms with Crippen molar-refractivity contribution < 1.29 is 0 Å². The van der Waals surface area contributed by atoms with E-state index in [1.165, 1.54) is 0 Å². The highest BCUT2D eigenvalue weighted by Crippen LogP contribution is 2.24. The van der Waals surface area contributed by atoms with E-state index in [0.29, 0.717) is 6.54 Å². The van der Waals surface area contributed by atoms with Gasteiger partial charge in [-0.15, -0.1) is 0 Å². The maximum atomic E-state index is 5.61. The molecule has 0 saturated carbocycles. The first kappa shape index (κ1) is 12.6. The van der Waals surface area contributed by atoms with E-state index in [9.17, 15) is 0 Å². The van der Waals surface area contributed by atoms with E-state index >= 15 is 0 Å². The van der Waals surface area contributed by atoms with Gasteiger partial charge in [-0.3, -0.25) is 4.98 Å². The van der Waals surface area contributed by atoms with Crippen molar-refractivity contribution in [1.29, 1.82) is 0 Å². The van der Waals surface area contributed by atoms with Crippen molar-refractivity contribution in [3.05, 3.63) is 59.9 Å². The molecule has 0 radical (unpaired) electrons. The number of H-pyrrole nitrogens is 1. The molecule has 20 heavy (non-hydrogen) atoms. The van der Waals surface area contributed by atoms with Gasteiger partial charge in [0.2, 0.25) is 0 Å². The Balaban J connectivity index is 2.00. The Kier molecular flexibility index (Phi) is 3.31. The van der Waals surface area contributed by atoms with Crippen LogP contribution in [0.2, 0.25) is 0 Å². The fourth-order valence-corrected chi connectivity index (χ4v) is 2.15. The maximum absolute atomic E-state index is 5.61. The molecule has 4 nitrogen and oxygen atoms in total. The monoisotopic (exact) mass is 264 g/mol. The zero-order valence-electron chi connectivity index (χ0n) is 11.3. The minimum absolute atomic E-state index is 0.552. The molecular weight excluding hydrogens is 248 g/mol. The number of aromatic amines is 1. The molecule has 0 aliphatic rings. The van der Waals surface area contributed by atoms with Crippen LogP contribution in [-0.2, 0) is 6.54 Å². The molecule has 0 bridgehead atoms. The van der Waals surface area contributed by atoms with Crippen LogP contribution in [0.4, 0.5) is 0 Å². The van der Waals surface area contributed by atoms with Gasteiger partial charge < -0.3 is 10.7 Å². The standard InChI is InChI=1S/C16H16N4/c1-11-15(14-4-2-3-9-18-14)20-16(19-11)13-7-5-12(10-17)6-8-13/h2-9H,10,17H2,1H3,(H,19,20). The van der Waals surface area contributed by atoms with Gasteiger partial charge in [0.05, 0.1) is 5.69 Å². The Hall–Kier alpha value is -2.46. The number of pyridine rings is 1. The van der Waals surface area contributed by atoms with E-state index in [2.05, 4.69) is 15.0 Å². The number of benzene rings is 1. The lowest BCUT2D eigenvalue weighted by molar-refractivity contribution is 1.07. The van der Waals surface area contributed by atoms with Gasteiger partial charge in [0.1, 0.15) is 11.5 Å². The first-order chi connectivity index (χ1) is 9.78. The van der Waals surface area contributed by atoms with Gasteiger partial charge in [-0.1, -0.05) is 30.3 Å². The van der Waals surface area contributed by atoms with Crippen LogP contribution in [-0.4, -0.2) is 15.0 Å². The second-order valence-electron chi connectivity index (χ2n) is 4.68. The van der Waals surface area contributed by atoms with Crippen LogP contribution in [0.1, 0.15) is 11.3 Å². The summed E-state index contributed by atoms with van der Waals surface area (Å²) in [5.41, 5.74) is 10.6. The molecule has 0 aliphatic carbocycles. The summed E-state index contributed by atoms with van der Waals surface area (Å²) in [6.45, 7) is 2.56. The fraction of sp³-hybridized carbons (Fsp3) is 0.125. The van der Waals surface area contributed by atoms with Crippen LogP contribution in [0, 0.1) is 6.92 Å². The molecule has 2 heterocycles. The molecule has 3 N–H and O–H groups in total. The Morgan fingerprint density at radius 1 is 1.10 bits per heavy atom. The summed E-state index contributed by atoms with van der Waals surface area (Å²) in [5, 5.41) is 0. The predicted molar refractivity (Wildman–Crippen MR) is 79.9 cm³/mol. The number of aromatic nitrogens is 3. The van der Waals surface area contributed by atoms with E-state index < -0.39 is 0 Å². The molecule has 0 atom stereocenters. The summed E-state index contributed by atoms with van der Waals surface area (Å²) in [5.74, 6) is 0.853. The summed E-state index contributed by atoms with van der Waals surface area (Å²) < 4.78 is 0. The molecule has 1 aromatic carbocycles. The van der Waals surface area contributed by atoms with Gasteiger partial charge in [-0.2, -0.15) is 0 Å². The number of hydrogen-bond acceptors (Lipinski definition) is 3. The highest BCUT2D eigenvalue weighted by atomic mass is 14.9. The number of rotatable bonds is 3. The lowest BCUT2D eigenvalue weighted by atomic mass is 10.1. The lowest BCUT2D eigenvalue weighted by Gasteiger charge is -1.99. The second-order valence-corrected chi connectivity index (χ2v) is 4.68. The zero-order chi connectivity index (χ0) is 13.9. The minimum atomic E-state index is 0.552. The summed E-state index contributed by atoms with van der Waals surface area (Å²) >= 11 is 0. The molecule has 3 rings (SSSR count). The minimum Gasteiger partial charge on any atom is -0.341 e. The smallest absolute Gasteiger partial charge is 0.138 e. The molecule has 0 unspecified atom stereocenters. The summed E-state index contributed by atoms with van der Waals surface area (Å²) in [7, 11) is 0. The highest BCUT2D eigenvalue weighted by Gasteiger charge is 2.10. The Labute approximate surface area is 117 Å². The van der Waals surface area contributed by atoms with Gasteiger partial charge in [-0.25, -0.2) is 4.98 Å². The molecule has 3 aromatic rings. The first-order valence-corrected chi connectivity index (χ1v) is 6.55. The average molecular weight is 264 g/mol. The number of hydrogen-bond donors (Lipinski definition) is 2. The third kappa shape index (κ3) is 2.33. The molecule has 0 saturated heterocycles. The van der Waals surface area contributed by atoms with E-state index in [4.69, 9.17) is 5.73 Å². The van der Waals surface area contributed by atoms with Gasteiger partial charge in [0, 0.05) is 24.0 Å². The molecular formula is C16H16N4. The topological polar surface area (TPSA) is 67.6 Å². The molecule has 0 amide bonds. The van der Waals surface area contributed by atoms with Gasteiger partial charge in [-0.05, 0) is 24.6 Å². The normalized spacial score (nSPS) is 10.7. The van der Waals surface area contributed by atoms with Gasteiger partial charge in [0.15, 0.2) is 0 Å². The molecule has 100 valence electrons. The Morgan fingerprint density at radius 3 is 2.55 bits per heavy atom. The van der Waals surface area contributed by atoms with Crippen LogP contribution in [0.25, 0.3) is 22.8 Å². The SMILES string of the molecule is Cc1[nH]c(-c2ccc(CN)cc2)nc1-c1ccccn1. The maximum Gasteiger partial charge on any atom is 0.138 e. The molecule has 0 aliphatic heterocycles. The van der Waals surface area contributed by atoms with Crippen molar-refractivity contribution in [2.75, 3.05) is 0 Å². The Bertz CT molecular complexity index is 699. The number of imidazole rings is 1. The molecule has 0 spiro atoms. The number of nitrogens with one attached hydrogen (secondary N) is 1. The second kappa shape index (κ2) is 5.27. The van der Waals surface area contributed by atoms with Crippen molar-refractivity contribution >= 4 is 0 Å². The van der Waals surface area contributed by atoms with E-state index in [0.717, 1.165) is 34.0 Å². The molecule has 2 aromatic heterocycles. The van der Waals surface area contributed by atoms with Crippen molar-refractivity contribution in [1.82, 2.24) is 15.0 Å². The number of aryl methyl sites for hydroxylation is 1. The fourth-order valence-electron chi connectivity index (χ4n) is 2.15. The van der Waals surface area contributed by atoms with E-state index in [1.807, 2.05) is 49.4 Å². The van der Waals surface area contributed by atoms with E-state index in [-0.39, 0.29) is 0 Å². The highest BCUT2D eigenvalue weighted by molar-refractivity contribution is 5.64. The quantitative estimate of drug-likeness (QED) is 0.764. The summed E-state index contributed by atoms with van der Waals surface area (Å²) in [6.07, 6.45) is 1.78. The average Bonchev–Trinajstić information content (AvgIpc) is 2.90. The Morgan fingerprint density at radius 2 is 1.90 bits per heavy atom. The van der Waals surface area contributed by atoms with Gasteiger partial charge in [0.25, 0.3) is 0 Å². The molecule has 0 fully saturated rings. The zero-order valence-corrected chi connectivity index (χ0v) is 11.3.